The molecule has 0 aromatic carbocycles. The Morgan fingerprint density at radius 3 is 2.91 bits per heavy atom. The van der Waals surface area contributed by atoms with Gasteiger partial charge in [-0.05, 0) is 0 Å². The van der Waals surface area contributed by atoms with Crippen LogP contribution in [-0.4, -0.2) is 22.0 Å². The van der Waals surface area contributed by atoms with Crippen molar-refractivity contribution < 1.29 is 9.21 Å². The zero-order valence-corrected chi connectivity index (χ0v) is 6.55. The summed E-state index contributed by atoms with van der Waals surface area (Å²) >= 11 is 5.21. The van der Waals surface area contributed by atoms with Crippen molar-refractivity contribution in [2.75, 3.05) is 11.2 Å². The fourth-order valence-corrected chi connectivity index (χ4v) is 0.567. The van der Waals surface area contributed by atoms with Gasteiger partial charge in [-0.25, -0.2) is 0 Å². The van der Waals surface area contributed by atoms with E-state index in [1.165, 1.54) is 0 Å². The fraction of sp³-hybridized carbons (Fsp3) is 0.400. The Morgan fingerprint density at radius 2 is 2.45 bits per heavy atom. The molecule has 5 nitrogen and oxygen atoms in total. The largest absolute Gasteiger partial charge is 0.408 e. The number of carbonyl (C=O) groups is 1. The number of alkyl halides is 1. The second kappa shape index (κ2) is 3.34. The van der Waals surface area contributed by atoms with Crippen molar-refractivity contribution in [2.24, 2.45) is 0 Å². The van der Waals surface area contributed by atoms with Crippen molar-refractivity contribution in [3.8, 4) is 0 Å². The van der Waals surface area contributed by atoms with Gasteiger partial charge in [-0.15, -0.1) is 16.7 Å². The van der Waals surface area contributed by atoms with Crippen molar-refractivity contribution >= 4 is 23.5 Å². The van der Waals surface area contributed by atoms with E-state index in [9.17, 15) is 4.79 Å². The summed E-state index contributed by atoms with van der Waals surface area (Å²) in [7, 11) is 0. The minimum Gasteiger partial charge on any atom is -0.408 e. The fourth-order valence-electron chi connectivity index (χ4n) is 0.500. The van der Waals surface area contributed by atoms with Crippen LogP contribution in [0.2, 0.25) is 0 Å². The van der Waals surface area contributed by atoms with Crippen LogP contribution in [0.5, 0.6) is 0 Å². The van der Waals surface area contributed by atoms with Gasteiger partial charge in [0.2, 0.25) is 11.8 Å². The number of rotatable bonds is 2. The van der Waals surface area contributed by atoms with Crippen LogP contribution in [0.3, 0.4) is 0 Å². The molecule has 1 rings (SSSR count). The van der Waals surface area contributed by atoms with E-state index in [1.54, 1.807) is 6.92 Å². The molecule has 6 heteroatoms. The van der Waals surface area contributed by atoms with Gasteiger partial charge in [0.25, 0.3) is 0 Å². The molecule has 0 aliphatic heterocycles. The molecule has 1 heterocycles. The van der Waals surface area contributed by atoms with E-state index in [1.807, 2.05) is 0 Å². The molecule has 0 bridgehead atoms. The molecule has 0 unspecified atom stereocenters. The lowest BCUT2D eigenvalue weighted by atomic mass is 10.7. The molecule has 60 valence electrons. The Hall–Kier alpha value is -1.10. The van der Waals surface area contributed by atoms with Gasteiger partial charge in [0.05, 0.1) is 0 Å². The lowest BCUT2D eigenvalue weighted by molar-refractivity contribution is -0.114. The average Bonchev–Trinajstić information content (AvgIpc) is 2.35. The highest BCUT2D eigenvalue weighted by atomic mass is 35.5. The standard InChI is InChI=1S/C5H6ClN3O2/c1-3-8-9-5(11-3)7-4(10)2-6/h2H2,1H3,(H,7,9,10). The Morgan fingerprint density at radius 1 is 1.73 bits per heavy atom. The molecule has 1 aromatic rings. The van der Waals surface area contributed by atoms with Crippen molar-refractivity contribution in [1.82, 2.24) is 10.2 Å². The minimum absolute atomic E-state index is 0.0770. The summed E-state index contributed by atoms with van der Waals surface area (Å²) in [6.07, 6.45) is 0. The number of hydrogen-bond acceptors (Lipinski definition) is 4. The van der Waals surface area contributed by atoms with E-state index in [4.69, 9.17) is 16.0 Å². The molecule has 1 aromatic heterocycles. The lowest BCUT2D eigenvalue weighted by Gasteiger charge is -1.92. The number of hydrogen-bond donors (Lipinski definition) is 1. The predicted molar refractivity (Wildman–Crippen MR) is 38.4 cm³/mol. The Balaban J connectivity index is 2.57. The number of nitrogens with zero attached hydrogens (tertiary/aromatic N) is 2. The molecule has 0 saturated heterocycles. The number of anilines is 1. The van der Waals surface area contributed by atoms with E-state index in [0.717, 1.165) is 0 Å². The first-order valence-electron chi connectivity index (χ1n) is 2.88. The predicted octanol–water partition coefficient (Wildman–Crippen LogP) is 0.555. The van der Waals surface area contributed by atoms with E-state index < -0.39 is 0 Å². The van der Waals surface area contributed by atoms with E-state index in [-0.39, 0.29) is 17.8 Å². The molecule has 0 radical (unpaired) electrons. The van der Waals surface area contributed by atoms with Gasteiger partial charge in [0.1, 0.15) is 5.88 Å². The highest BCUT2D eigenvalue weighted by molar-refractivity contribution is 6.28. The number of aromatic nitrogens is 2. The van der Waals surface area contributed by atoms with Crippen LogP contribution in [0.25, 0.3) is 0 Å². The van der Waals surface area contributed by atoms with Crippen LogP contribution in [0.4, 0.5) is 6.01 Å². The maximum atomic E-state index is 10.6. The van der Waals surface area contributed by atoms with Crippen LogP contribution in [0.1, 0.15) is 5.89 Å². The maximum Gasteiger partial charge on any atom is 0.322 e. The number of nitrogens with one attached hydrogen (secondary N) is 1. The first-order chi connectivity index (χ1) is 5.22. The van der Waals surface area contributed by atoms with Crippen molar-refractivity contribution in [3.63, 3.8) is 0 Å². The molecule has 0 atom stereocenters. The molecule has 0 fully saturated rings. The van der Waals surface area contributed by atoms with Crippen LogP contribution in [0.15, 0.2) is 4.42 Å². The Kier molecular flexibility index (Phi) is 2.43. The van der Waals surface area contributed by atoms with Crippen molar-refractivity contribution in [1.29, 1.82) is 0 Å². The molecule has 1 amide bonds. The van der Waals surface area contributed by atoms with E-state index in [2.05, 4.69) is 15.5 Å². The molecule has 0 saturated carbocycles. The summed E-state index contributed by atoms with van der Waals surface area (Å²) in [6, 6.07) is 0.0770. The van der Waals surface area contributed by atoms with Crippen molar-refractivity contribution in [3.05, 3.63) is 5.89 Å². The van der Waals surface area contributed by atoms with Crippen LogP contribution >= 0.6 is 11.6 Å². The van der Waals surface area contributed by atoms with Crippen LogP contribution in [-0.2, 0) is 4.79 Å². The first-order valence-corrected chi connectivity index (χ1v) is 3.41. The smallest absolute Gasteiger partial charge is 0.322 e. The minimum atomic E-state index is -0.365. The maximum absolute atomic E-state index is 10.6. The van der Waals surface area contributed by atoms with Gasteiger partial charge in [0.15, 0.2) is 0 Å². The summed E-state index contributed by atoms with van der Waals surface area (Å²) in [5, 5.41) is 9.33. The number of carbonyl (C=O) groups excluding carboxylic acids is 1. The topological polar surface area (TPSA) is 68.0 Å². The zero-order chi connectivity index (χ0) is 8.27. The first kappa shape index (κ1) is 8.00. The highest BCUT2D eigenvalue weighted by Crippen LogP contribution is 2.02. The molecule has 0 aliphatic carbocycles. The van der Waals surface area contributed by atoms with Gasteiger partial charge >= 0.3 is 6.01 Å². The van der Waals surface area contributed by atoms with Crippen LogP contribution < -0.4 is 5.32 Å². The SMILES string of the molecule is Cc1nnc(NC(=O)CCl)o1. The van der Waals surface area contributed by atoms with Crippen molar-refractivity contribution in [2.45, 2.75) is 6.92 Å². The van der Waals surface area contributed by atoms with Gasteiger partial charge in [-0.3, -0.25) is 10.1 Å². The third kappa shape index (κ3) is 2.19. The second-order valence-electron chi connectivity index (χ2n) is 1.81. The second-order valence-corrected chi connectivity index (χ2v) is 2.08. The molecule has 0 aliphatic rings. The molecular formula is C5H6ClN3O2. The third-order valence-electron chi connectivity index (χ3n) is 0.894. The van der Waals surface area contributed by atoms with Crippen LogP contribution in [0, 0.1) is 6.92 Å². The zero-order valence-electron chi connectivity index (χ0n) is 5.80. The van der Waals surface area contributed by atoms with E-state index >= 15 is 0 Å². The van der Waals surface area contributed by atoms with Gasteiger partial charge in [-0.1, -0.05) is 5.10 Å². The number of amides is 1. The van der Waals surface area contributed by atoms with Gasteiger partial charge in [0, 0.05) is 6.92 Å². The normalized spacial score (nSPS) is 9.64. The Bertz CT molecular complexity index is 260. The Labute approximate surface area is 67.7 Å². The number of halogens is 1. The summed E-state index contributed by atoms with van der Waals surface area (Å²) in [4.78, 5) is 10.6. The molecular weight excluding hydrogens is 170 g/mol. The highest BCUT2D eigenvalue weighted by Gasteiger charge is 2.04. The monoisotopic (exact) mass is 175 g/mol. The third-order valence-corrected chi connectivity index (χ3v) is 1.14. The van der Waals surface area contributed by atoms with Gasteiger partial charge in [-0.2, -0.15) is 0 Å². The molecule has 0 spiro atoms. The molecule has 1 N–H and O–H groups in total. The summed E-state index contributed by atoms with van der Waals surface area (Å²) < 4.78 is 4.84. The lowest BCUT2D eigenvalue weighted by Crippen LogP contribution is -2.12. The van der Waals surface area contributed by atoms with Gasteiger partial charge < -0.3 is 4.42 Å². The quantitative estimate of drug-likeness (QED) is 0.667. The average molecular weight is 176 g/mol. The summed E-state index contributed by atoms with van der Waals surface area (Å²) in [5.41, 5.74) is 0. The summed E-state index contributed by atoms with van der Waals surface area (Å²) in [5.74, 6) is -0.0910. The number of aryl methyl sites for hydroxylation is 1. The summed E-state index contributed by atoms with van der Waals surface area (Å²) in [6.45, 7) is 1.63. The molecule has 11 heavy (non-hydrogen) atoms. The van der Waals surface area contributed by atoms with E-state index in [0.29, 0.717) is 5.89 Å².